The minimum absolute atomic E-state index is 0.108. The van der Waals surface area contributed by atoms with Crippen molar-refractivity contribution in [1.82, 2.24) is 0 Å². The molecule has 1 fully saturated rings. The maximum absolute atomic E-state index is 12.4. The van der Waals surface area contributed by atoms with Gasteiger partial charge in [-0.3, -0.25) is 0 Å². The molecule has 2 unspecified atom stereocenters. The van der Waals surface area contributed by atoms with Gasteiger partial charge in [0.15, 0.2) is 0 Å². The summed E-state index contributed by atoms with van der Waals surface area (Å²) in [6.45, 7) is 0. The zero-order chi connectivity index (χ0) is 13.3. The summed E-state index contributed by atoms with van der Waals surface area (Å²) in [7, 11) is 0. The predicted molar refractivity (Wildman–Crippen MR) is 58.5 cm³/mol. The molecule has 0 aliphatic heterocycles. The van der Waals surface area contributed by atoms with Gasteiger partial charge in [-0.15, -0.1) is 0 Å². The van der Waals surface area contributed by atoms with Gasteiger partial charge in [0.2, 0.25) is 0 Å². The lowest BCUT2D eigenvalue weighted by molar-refractivity contribution is -0.137. The Bertz CT molecular complexity index is 457. The van der Waals surface area contributed by atoms with Crippen LogP contribution in [-0.4, -0.2) is 11.2 Å². The first kappa shape index (κ1) is 12.9. The number of rotatable bonds is 3. The van der Waals surface area contributed by atoms with Gasteiger partial charge in [-0.1, -0.05) is 12.1 Å². The molecule has 1 aliphatic carbocycles. The molecule has 0 bridgehead atoms. The van der Waals surface area contributed by atoms with Crippen molar-refractivity contribution in [1.29, 1.82) is 5.26 Å². The van der Waals surface area contributed by atoms with Crippen molar-refractivity contribution in [3.05, 3.63) is 35.4 Å². The largest absolute Gasteiger partial charge is 0.416 e. The first-order chi connectivity index (χ1) is 8.43. The van der Waals surface area contributed by atoms with Gasteiger partial charge >= 0.3 is 6.18 Å². The SMILES string of the molecule is N#CC(c1ccc(C(F)(F)F)cc1)C(O)C1CC1. The molecule has 0 saturated heterocycles. The fraction of sp³-hybridized carbons (Fsp3) is 0.462. The van der Waals surface area contributed by atoms with Crippen LogP contribution in [0.4, 0.5) is 13.2 Å². The number of nitriles is 1. The summed E-state index contributed by atoms with van der Waals surface area (Å²) in [5, 5.41) is 18.9. The van der Waals surface area contributed by atoms with E-state index in [1.54, 1.807) is 0 Å². The van der Waals surface area contributed by atoms with E-state index in [0.717, 1.165) is 25.0 Å². The summed E-state index contributed by atoms with van der Waals surface area (Å²) in [5.41, 5.74) is -0.311. The molecule has 0 spiro atoms. The lowest BCUT2D eigenvalue weighted by atomic mass is 9.91. The molecule has 5 heteroatoms. The van der Waals surface area contributed by atoms with Crippen LogP contribution in [0.5, 0.6) is 0 Å². The summed E-state index contributed by atoms with van der Waals surface area (Å²) in [4.78, 5) is 0. The van der Waals surface area contributed by atoms with Crippen molar-refractivity contribution in [2.24, 2.45) is 5.92 Å². The summed E-state index contributed by atoms with van der Waals surface area (Å²) < 4.78 is 37.2. The lowest BCUT2D eigenvalue weighted by Crippen LogP contribution is -2.19. The van der Waals surface area contributed by atoms with Crippen LogP contribution < -0.4 is 0 Å². The van der Waals surface area contributed by atoms with Crippen LogP contribution in [-0.2, 0) is 6.18 Å². The number of aliphatic hydroxyl groups excluding tert-OH is 1. The first-order valence-electron chi connectivity index (χ1n) is 5.68. The fourth-order valence-corrected chi connectivity index (χ4v) is 1.94. The van der Waals surface area contributed by atoms with E-state index < -0.39 is 23.8 Å². The molecule has 0 radical (unpaired) electrons. The summed E-state index contributed by atoms with van der Waals surface area (Å²) in [5.74, 6) is -0.642. The second kappa shape index (κ2) is 4.62. The zero-order valence-corrected chi connectivity index (χ0v) is 9.48. The highest BCUT2D eigenvalue weighted by atomic mass is 19.4. The molecule has 1 saturated carbocycles. The average Bonchev–Trinajstić information content (AvgIpc) is 3.13. The highest BCUT2D eigenvalue weighted by molar-refractivity contribution is 5.31. The van der Waals surface area contributed by atoms with E-state index in [9.17, 15) is 18.3 Å². The number of nitrogens with zero attached hydrogens (tertiary/aromatic N) is 1. The molecule has 1 aromatic carbocycles. The Morgan fingerprint density at radius 3 is 2.17 bits per heavy atom. The van der Waals surface area contributed by atoms with Crippen molar-refractivity contribution in [2.45, 2.75) is 31.0 Å². The number of aliphatic hydroxyl groups is 1. The van der Waals surface area contributed by atoms with Crippen LogP contribution in [0.15, 0.2) is 24.3 Å². The molecule has 1 aromatic rings. The van der Waals surface area contributed by atoms with Crippen molar-refractivity contribution < 1.29 is 18.3 Å². The maximum atomic E-state index is 12.4. The van der Waals surface area contributed by atoms with E-state index in [0.29, 0.717) is 5.56 Å². The average molecular weight is 255 g/mol. The molecule has 18 heavy (non-hydrogen) atoms. The molecule has 1 aliphatic rings. The Morgan fingerprint density at radius 1 is 1.22 bits per heavy atom. The lowest BCUT2D eigenvalue weighted by Gasteiger charge is -2.17. The first-order valence-corrected chi connectivity index (χ1v) is 5.68. The Labute approximate surface area is 103 Å². The second-order valence-corrected chi connectivity index (χ2v) is 4.55. The fourth-order valence-electron chi connectivity index (χ4n) is 1.94. The Hall–Kier alpha value is -1.54. The molecule has 0 heterocycles. The van der Waals surface area contributed by atoms with Crippen LogP contribution in [0, 0.1) is 17.2 Å². The third kappa shape index (κ3) is 2.65. The molecule has 2 atom stereocenters. The number of benzene rings is 1. The van der Waals surface area contributed by atoms with Crippen LogP contribution in [0.25, 0.3) is 0 Å². The predicted octanol–water partition coefficient (Wildman–Crippen LogP) is 3.08. The van der Waals surface area contributed by atoms with E-state index in [1.165, 1.54) is 12.1 Å². The van der Waals surface area contributed by atoms with E-state index in [-0.39, 0.29) is 5.92 Å². The third-order valence-electron chi connectivity index (χ3n) is 3.18. The van der Waals surface area contributed by atoms with Crippen molar-refractivity contribution in [2.75, 3.05) is 0 Å². The summed E-state index contributed by atoms with van der Waals surface area (Å²) in [6.07, 6.45) is -3.41. The molecular formula is C13H12F3NO. The van der Waals surface area contributed by atoms with Gasteiger partial charge in [-0.05, 0) is 36.5 Å². The van der Waals surface area contributed by atoms with Gasteiger partial charge in [0.25, 0.3) is 0 Å². The van der Waals surface area contributed by atoms with Gasteiger partial charge < -0.3 is 5.11 Å². The number of alkyl halides is 3. The number of hydrogen-bond donors (Lipinski definition) is 1. The minimum atomic E-state index is -4.38. The van der Waals surface area contributed by atoms with E-state index in [1.807, 2.05) is 6.07 Å². The van der Waals surface area contributed by atoms with E-state index in [4.69, 9.17) is 5.26 Å². The number of halogens is 3. The molecular weight excluding hydrogens is 243 g/mol. The topological polar surface area (TPSA) is 44.0 Å². The van der Waals surface area contributed by atoms with Gasteiger partial charge in [0.05, 0.1) is 23.7 Å². The smallest absolute Gasteiger partial charge is 0.391 e. The van der Waals surface area contributed by atoms with Crippen molar-refractivity contribution >= 4 is 0 Å². The standard InChI is InChI=1S/C13H12F3NO/c14-13(15,16)10-5-3-8(4-6-10)11(7-17)12(18)9-1-2-9/h3-6,9,11-12,18H,1-2H2. The second-order valence-electron chi connectivity index (χ2n) is 4.55. The summed E-state index contributed by atoms with van der Waals surface area (Å²) in [6, 6.07) is 6.39. The van der Waals surface area contributed by atoms with Gasteiger partial charge in [0, 0.05) is 0 Å². The Morgan fingerprint density at radius 2 is 1.78 bits per heavy atom. The molecule has 0 amide bonds. The molecule has 1 N–H and O–H groups in total. The highest BCUT2D eigenvalue weighted by Crippen LogP contribution is 2.39. The van der Waals surface area contributed by atoms with Gasteiger partial charge in [0.1, 0.15) is 0 Å². The van der Waals surface area contributed by atoms with Crippen LogP contribution >= 0.6 is 0 Å². The normalized spacial score (nSPS) is 19.1. The van der Waals surface area contributed by atoms with Crippen LogP contribution in [0.3, 0.4) is 0 Å². The maximum Gasteiger partial charge on any atom is 0.416 e. The molecule has 96 valence electrons. The van der Waals surface area contributed by atoms with Crippen LogP contribution in [0.2, 0.25) is 0 Å². The van der Waals surface area contributed by atoms with Crippen molar-refractivity contribution in [3.8, 4) is 6.07 Å². The minimum Gasteiger partial charge on any atom is -0.391 e. The van der Waals surface area contributed by atoms with E-state index in [2.05, 4.69) is 0 Å². The highest BCUT2D eigenvalue weighted by Gasteiger charge is 2.36. The van der Waals surface area contributed by atoms with E-state index >= 15 is 0 Å². The Balaban J connectivity index is 2.20. The third-order valence-corrected chi connectivity index (χ3v) is 3.18. The summed E-state index contributed by atoms with van der Waals surface area (Å²) >= 11 is 0. The van der Waals surface area contributed by atoms with Gasteiger partial charge in [-0.2, -0.15) is 18.4 Å². The van der Waals surface area contributed by atoms with Crippen LogP contribution in [0.1, 0.15) is 29.9 Å². The monoisotopic (exact) mass is 255 g/mol. The van der Waals surface area contributed by atoms with Crippen molar-refractivity contribution in [3.63, 3.8) is 0 Å². The Kier molecular flexibility index (Phi) is 3.31. The molecule has 0 aromatic heterocycles. The zero-order valence-electron chi connectivity index (χ0n) is 9.48. The molecule has 2 rings (SSSR count). The van der Waals surface area contributed by atoms with Gasteiger partial charge in [-0.25, -0.2) is 0 Å². The quantitative estimate of drug-likeness (QED) is 0.902. The number of hydrogen-bond acceptors (Lipinski definition) is 2. The molecule has 2 nitrogen and oxygen atoms in total.